The maximum absolute atomic E-state index is 13.4. The van der Waals surface area contributed by atoms with Crippen LogP contribution in [0.4, 0.5) is 4.39 Å². The number of rotatable bonds is 3. The van der Waals surface area contributed by atoms with E-state index in [-0.39, 0.29) is 5.82 Å². The molecule has 25 heavy (non-hydrogen) atoms. The smallest absolute Gasteiger partial charge is 0.123 e. The van der Waals surface area contributed by atoms with Gasteiger partial charge in [0.05, 0.1) is 0 Å². The first-order chi connectivity index (χ1) is 12.2. The molecule has 0 bridgehead atoms. The molecule has 1 aliphatic carbocycles. The van der Waals surface area contributed by atoms with Crippen LogP contribution < -0.4 is 0 Å². The molecule has 1 heterocycles. The van der Waals surface area contributed by atoms with Crippen molar-refractivity contribution in [2.24, 2.45) is 0 Å². The Balaban J connectivity index is 1.69. The molecule has 0 radical (unpaired) electrons. The zero-order valence-electron chi connectivity index (χ0n) is 14.9. The van der Waals surface area contributed by atoms with E-state index < -0.39 is 0 Å². The SMILES string of the molecule is CSc1ccc2c(c1)[C@@H](N1CCN(C)CC1)C[C@@H]2c1ccc(F)cc1. The number of hydrogen-bond donors (Lipinski definition) is 0. The Morgan fingerprint density at radius 1 is 0.960 bits per heavy atom. The summed E-state index contributed by atoms with van der Waals surface area (Å²) in [6.07, 6.45) is 3.24. The minimum atomic E-state index is -0.157. The Morgan fingerprint density at radius 2 is 1.68 bits per heavy atom. The molecule has 1 fully saturated rings. The van der Waals surface area contributed by atoms with Crippen molar-refractivity contribution < 1.29 is 4.39 Å². The van der Waals surface area contributed by atoms with E-state index in [2.05, 4.69) is 41.3 Å². The first kappa shape index (κ1) is 17.1. The summed E-state index contributed by atoms with van der Waals surface area (Å²) >= 11 is 1.81. The first-order valence-corrected chi connectivity index (χ1v) is 10.2. The van der Waals surface area contributed by atoms with Gasteiger partial charge in [0.25, 0.3) is 0 Å². The van der Waals surface area contributed by atoms with Crippen LogP contribution in [0.25, 0.3) is 0 Å². The molecule has 1 saturated heterocycles. The molecule has 132 valence electrons. The molecule has 0 unspecified atom stereocenters. The fourth-order valence-corrected chi connectivity index (χ4v) is 4.70. The van der Waals surface area contributed by atoms with Gasteiger partial charge >= 0.3 is 0 Å². The Bertz CT molecular complexity index is 738. The van der Waals surface area contributed by atoms with Crippen LogP contribution in [0, 0.1) is 5.82 Å². The topological polar surface area (TPSA) is 6.48 Å². The van der Waals surface area contributed by atoms with E-state index in [9.17, 15) is 4.39 Å². The van der Waals surface area contributed by atoms with Crippen LogP contribution in [0.2, 0.25) is 0 Å². The number of fused-ring (bicyclic) bond motifs is 1. The summed E-state index contributed by atoms with van der Waals surface area (Å²) in [6.45, 7) is 4.52. The van der Waals surface area contributed by atoms with Gasteiger partial charge in [-0.1, -0.05) is 18.2 Å². The Labute approximate surface area is 154 Å². The van der Waals surface area contributed by atoms with Crippen molar-refractivity contribution in [1.82, 2.24) is 9.80 Å². The van der Waals surface area contributed by atoms with E-state index in [1.54, 1.807) is 23.9 Å². The van der Waals surface area contributed by atoms with Gasteiger partial charge in [-0.05, 0) is 60.7 Å². The van der Waals surface area contributed by atoms with Crippen molar-refractivity contribution in [3.8, 4) is 0 Å². The molecule has 2 aromatic rings. The molecule has 2 aliphatic rings. The first-order valence-electron chi connectivity index (χ1n) is 9.01. The average Bonchev–Trinajstić information content (AvgIpc) is 3.02. The quantitative estimate of drug-likeness (QED) is 0.754. The molecule has 0 aromatic heterocycles. The van der Waals surface area contributed by atoms with Crippen LogP contribution in [0.3, 0.4) is 0 Å². The Morgan fingerprint density at radius 3 is 2.36 bits per heavy atom. The highest BCUT2D eigenvalue weighted by molar-refractivity contribution is 7.98. The van der Waals surface area contributed by atoms with Crippen molar-refractivity contribution in [3.63, 3.8) is 0 Å². The summed E-state index contributed by atoms with van der Waals surface area (Å²) in [4.78, 5) is 6.38. The fraction of sp³-hybridized carbons (Fsp3) is 0.429. The van der Waals surface area contributed by atoms with E-state index in [1.807, 2.05) is 12.1 Å². The number of halogens is 1. The maximum atomic E-state index is 13.4. The van der Waals surface area contributed by atoms with Gasteiger partial charge in [0.15, 0.2) is 0 Å². The van der Waals surface area contributed by atoms with Gasteiger partial charge < -0.3 is 4.90 Å². The highest BCUT2D eigenvalue weighted by Gasteiger charge is 2.36. The minimum absolute atomic E-state index is 0.157. The molecule has 4 heteroatoms. The van der Waals surface area contributed by atoms with Gasteiger partial charge in [0, 0.05) is 43.0 Å². The molecule has 2 aromatic carbocycles. The number of likely N-dealkylation sites (N-methyl/N-ethyl adjacent to an activating group) is 1. The van der Waals surface area contributed by atoms with Crippen LogP contribution in [-0.2, 0) is 0 Å². The monoisotopic (exact) mass is 356 g/mol. The summed E-state index contributed by atoms with van der Waals surface area (Å²) < 4.78 is 13.4. The average molecular weight is 357 g/mol. The van der Waals surface area contributed by atoms with Gasteiger partial charge in [-0.25, -0.2) is 4.39 Å². The minimum Gasteiger partial charge on any atom is -0.304 e. The third kappa shape index (κ3) is 3.35. The van der Waals surface area contributed by atoms with E-state index in [4.69, 9.17) is 0 Å². The molecular formula is C21H25FN2S. The molecular weight excluding hydrogens is 331 g/mol. The second kappa shape index (κ2) is 7.10. The lowest BCUT2D eigenvalue weighted by atomic mass is 9.93. The van der Waals surface area contributed by atoms with Crippen LogP contribution in [0.5, 0.6) is 0 Å². The van der Waals surface area contributed by atoms with Crippen molar-refractivity contribution >= 4 is 11.8 Å². The third-order valence-corrected chi connectivity index (χ3v) is 6.46. The van der Waals surface area contributed by atoms with Crippen molar-refractivity contribution in [3.05, 3.63) is 65.0 Å². The predicted octanol–water partition coefficient (Wildman–Crippen LogP) is 4.37. The molecule has 2 atom stereocenters. The molecule has 4 rings (SSSR count). The van der Waals surface area contributed by atoms with Crippen molar-refractivity contribution in [1.29, 1.82) is 0 Å². The highest BCUT2D eigenvalue weighted by atomic mass is 32.2. The van der Waals surface area contributed by atoms with Crippen molar-refractivity contribution in [2.75, 3.05) is 39.5 Å². The highest BCUT2D eigenvalue weighted by Crippen LogP contribution is 2.47. The van der Waals surface area contributed by atoms with Crippen molar-refractivity contribution in [2.45, 2.75) is 23.3 Å². The number of piperazine rings is 1. The van der Waals surface area contributed by atoms with E-state index in [1.165, 1.54) is 21.6 Å². The van der Waals surface area contributed by atoms with E-state index in [0.717, 1.165) is 32.6 Å². The van der Waals surface area contributed by atoms with Crippen LogP contribution in [0.15, 0.2) is 47.4 Å². The van der Waals surface area contributed by atoms with Gasteiger partial charge in [0.1, 0.15) is 5.82 Å². The standard InChI is InChI=1S/C21H25FN2S/c1-23-9-11-24(12-10-23)21-14-19(15-3-5-16(22)6-4-15)18-8-7-17(25-2)13-20(18)21/h3-8,13,19,21H,9-12,14H2,1-2H3/t19-,21+/m1/s1. The normalized spacial score (nSPS) is 24.4. The molecule has 2 nitrogen and oxygen atoms in total. The van der Waals surface area contributed by atoms with Crippen LogP contribution in [0.1, 0.15) is 35.1 Å². The lowest BCUT2D eigenvalue weighted by Gasteiger charge is -2.37. The summed E-state index contributed by atoms with van der Waals surface area (Å²) in [5.41, 5.74) is 4.13. The van der Waals surface area contributed by atoms with Crippen LogP contribution in [-0.4, -0.2) is 49.3 Å². The van der Waals surface area contributed by atoms with Gasteiger partial charge in [-0.3, -0.25) is 4.90 Å². The Kier molecular flexibility index (Phi) is 4.85. The summed E-state index contributed by atoms with van der Waals surface area (Å²) in [7, 11) is 2.20. The van der Waals surface area contributed by atoms with Gasteiger partial charge in [0.2, 0.25) is 0 Å². The lowest BCUT2D eigenvalue weighted by Crippen LogP contribution is -2.45. The largest absolute Gasteiger partial charge is 0.304 e. The zero-order valence-corrected chi connectivity index (χ0v) is 15.7. The third-order valence-electron chi connectivity index (χ3n) is 5.74. The molecule has 0 N–H and O–H groups in total. The fourth-order valence-electron chi connectivity index (χ4n) is 4.25. The summed E-state index contributed by atoms with van der Waals surface area (Å²) in [6, 6.07) is 14.5. The molecule has 0 saturated carbocycles. The maximum Gasteiger partial charge on any atom is 0.123 e. The van der Waals surface area contributed by atoms with Crippen LogP contribution >= 0.6 is 11.8 Å². The summed E-state index contributed by atoms with van der Waals surface area (Å²) in [5.74, 6) is 0.214. The predicted molar refractivity (Wildman–Crippen MR) is 103 cm³/mol. The zero-order chi connectivity index (χ0) is 17.4. The number of nitrogens with zero attached hydrogens (tertiary/aromatic N) is 2. The number of benzene rings is 2. The van der Waals surface area contributed by atoms with E-state index >= 15 is 0 Å². The number of thioether (sulfide) groups is 1. The molecule has 0 spiro atoms. The lowest BCUT2D eigenvalue weighted by molar-refractivity contribution is 0.110. The van der Waals surface area contributed by atoms with Gasteiger partial charge in [-0.15, -0.1) is 11.8 Å². The van der Waals surface area contributed by atoms with Gasteiger partial charge in [-0.2, -0.15) is 0 Å². The second-order valence-electron chi connectivity index (χ2n) is 7.19. The number of hydrogen-bond acceptors (Lipinski definition) is 3. The Hall–Kier alpha value is -1.36. The second-order valence-corrected chi connectivity index (χ2v) is 8.07. The van der Waals surface area contributed by atoms with E-state index in [0.29, 0.717) is 12.0 Å². The summed E-state index contributed by atoms with van der Waals surface area (Å²) in [5, 5.41) is 0. The molecule has 0 amide bonds. The molecule has 1 aliphatic heterocycles.